The molecule has 2 aromatic carbocycles. The van der Waals surface area contributed by atoms with Crippen LogP contribution in [0.1, 0.15) is 28.4 Å². The van der Waals surface area contributed by atoms with Gasteiger partial charge in [-0.1, -0.05) is 30.3 Å². The Labute approximate surface area is 208 Å². The molecule has 0 unspecified atom stereocenters. The van der Waals surface area contributed by atoms with Crippen molar-refractivity contribution >= 4 is 41.5 Å². The number of nitrogens with zero attached hydrogens (tertiary/aromatic N) is 2. The lowest BCUT2D eigenvalue weighted by Crippen LogP contribution is -2.38. The highest BCUT2D eigenvalue weighted by Crippen LogP contribution is 2.22. The quantitative estimate of drug-likeness (QED) is 0.267. The highest BCUT2D eigenvalue weighted by molar-refractivity contribution is 14.0. The first-order valence-corrected chi connectivity index (χ1v) is 10.9. The third-order valence-corrected chi connectivity index (χ3v) is 5.22. The van der Waals surface area contributed by atoms with Gasteiger partial charge in [0.25, 0.3) is 5.91 Å². The van der Waals surface area contributed by atoms with Crippen LogP contribution in [-0.2, 0) is 17.7 Å². The van der Waals surface area contributed by atoms with Crippen LogP contribution in [0.3, 0.4) is 0 Å². The number of hydrogen-bond acceptors (Lipinski definition) is 4. The highest BCUT2D eigenvalue weighted by atomic mass is 127. The Kier molecular flexibility index (Phi) is 11.3. The van der Waals surface area contributed by atoms with Gasteiger partial charge in [0.15, 0.2) is 5.96 Å². The zero-order valence-electron chi connectivity index (χ0n) is 18.9. The molecule has 32 heavy (non-hydrogen) atoms. The fourth-order valence-corrected chi connectivity index (χ4v) is 3.60. The number of benzene rings is 2. The molecule has 0 radical (unpaired) electrons. The number of para-hydroxylation sites is 1. The number of anilines is 1. The van der Waals surface area contributed by atoms with Gasteiger partial charge in [0, 0.05) is 44.5 Å². The summed E-state index contributed by atoms with van der Waals surface area (Å²) in [6, 6.07) is 16.2. The number of guanidine groups is 1. The lowest BCUT2D eigenvalue weighted by atomic mass is 10.1. The average Bonchev–Trinajstić information content (AvgIpc) is 2.83. The molecular weight excluding hydrogens is 517 g/mol. The molecule has 8 heteroatoms. The van der Waals surface area contributed by atoms with Gasteiger partial charge in [0.05, 0.1) is 19.8 Å². The number of rotatable bonds is 8. The molecule has 1 amide bonds. The predicted octanol–water partition coefficient (Wildman–Crippen LogP) is 2.80. The number of carbonyl (C=O) groups excluding carboxylic acids is 1. The van der Waals surface area contributed by atoms with E-state index in [1.165, 1.54) is 11.3 Å². The van der Waals surface area contributed by atoms with Crippen molar-refractivity contribution in [1.29, 1.82) is 0 Å². The molecular formula is C24H34IN5O2. The zero-order valence-corrected chi connectivity index (χ0v) is 21.2. The van der Waals surface area contributed by atoms with Crippen molar-refractivity contribution < 1.29 is 9.53 Å². The van der Waals surface area contributed by atoms with Crippen molar-refractivity contribution in [2.24, 2.45) is 4.99 Å². The van der Waals surface area contributed by atoms with Gasteiger partial charge < -0.3 is 25.6 Å². The minimum absolute atomic E-state index is 0. The minimum Gasteiger partial charge on any atom is -0.378 e. The summed E-state index contributed by atoms with van der Waals surface area (Å²) in [6.07, 6.45) is 0.805. The molecule has 0 aromatic heterocycles. The number of ether oxygens (including phenoxy) is 1. The van der Waals surface area contributed by atoms with E-state index in [0.29, 0.717) is 12.1 Å². The van der Waals surface area contributed by atoms with Crippen LogP contribution in [0.15, 0.2) is 53.5 Å². The standard InChI is InChI=1S/C24H33N5O2.HI/c1-3-26-24(27-12-11-19-7-6-9-20(17-19)23(30)25-2)28-18-21-8-4-5-10-22(21)29-13-15-31-16-14-29;/h4-10,17H,3,11-16,18H2,1-2H3,(H,25,30)(H2,26,27,28);1H. The number of morpholine rings is 1. The number of carbonyl (C=O) groups is 1. The normalized spacial score (nSPS) is 13.8. The molecule has 1 saturated heterocycles. The van der Waals surface area contributed by atoms with Crippen LogP contribution in [0.4, 0.5) is 5.69 Å². The van der Waals surface area contributed by atoms with E-state index in [0.717, 1.165) is 57.3 Å². The van der Waals surface area contributed by atoms with Crippen LogP contribution in [0.5, 0.6) is 0 Å². The van der Waals surface area contributed by atoms with Gasteiger partial charge in [0.2, 0.25) is 0 Å². The summed E-state index contributed by atoms with van der Waals surface area (Å²) in [4.78, 5) is 19.0. The van der Waals surface area contributed by atoms with E-state index in [2.05, 4.69) is 52.0 Å². The molecule has 0 aliphatic carbocycles. The third kappa shape index (κ3) is 7.67. The Morgan fingerprint density at radius 1 is 1.09 bits per heavy atom. The molecule has 1 aliphatic heterocycles. The van der Waals surface area contributed by atoms with E-state index in [9.17, 15) is 4.79 Å². The second-order valence-electron chi connectivity index (χ2n) is 7.38. The third-order valence-electron chi connectivity index (χ3n) is 5.22. The summed E-state index contributed by atoms with van der Waals surface area (Å²) in [7, 11) is 1.65. The first kappa shape index (κ1) is 25.9. The maximum absolute atomic E-state index is 11.8. The molecule has 0 atom stereocenters. The van der Waals surface area contributed by atoms with E-state index >= 15 is 0 Å². The topological polar surface area (TPSA) is 78.0 Å². The zero-order chi connectivity index (χ0) is 21.9. The predicted molar refractivity (Wildman–Crippen MR) is 141 cm³/mol. The van der Waals surface area contributed by atoms with Crippen molar-refractivity contribution in [3.05, 3.63) is 65.2 Å². The summed E-state index contributed by atoms with van der Waals surface area (Å²) in [5.74, 6) is 0.727. The fourth-order valence-electron chi connectivity index (χ4n) is 3.60. The molecule has 0 saturated carbocycles. The van der Waals surface area contributed by atoms with Crippen LogP contribution in [0.2, 0.25) is 0 Å². The Hall–Kier alpha value is -2.33. The molecule has 3 N–H and O–H groups in total. The van der Waals surface area contributed by atoms with E-state index < -0.39 is 0 Å². The summed E-state index contributed by atoms with van der Waals surface area (Å²) in [5, 5.41) is 9.39. The largest absolute Gasteiger partial charge is 0.378 e. The smallest absolute Gasteiger partial charge is 0.251 e. The highest BCUT2D eigenvalue weighted by Gasteiger charge is 2.14. The number of aliphatic imine (C=N–C) groups is 1. The van der Waals surface area contributed by atoms with Gasteiger partial charge in [-0.3, -0.25) is 4.79 Å². The van der Waals surface area contributed by atoms with E-state index in [4.69, 9.17) is 9.73 Å². The second-order valence-corrected chi connectivity index (χ2v) is 7.38. The lowest BCUT2D eigenvalue weighted by Gasteiger charge is -2.30. The van der Waals surface area contributed by atoms with Gasteiger partial charge in [-0.05, 0) is 42.7 Å². The van der Waals surface area contributed by atoms with Gasteiger partial charge >= 0.3 is 0 Å². The van der Waals surface area contributed by atoms with Crippen molar-refractivity contribution in [2.75, 3.05) is 51.3 Å². The molecule has 174 valence electrons. The molecule has 1 heterocycles. The van der Waals surface area contributed by atoms with Gasteiger partial charge in [-0.25, -0.2) is 4.99 Å². The van der Waals surface area contributed by atoms with E-state index in [1.54, 1.807) is 7.05 Å². The Bertz CT molecular complexity index is 884. The maximum atomic E-state index is 11.8. The SMILES string of the molecule is CCNC(=NCc1ccccc1N1CCOCC1)NCCc1cccc(C(=O)NC)c1.I. The first-order chi connectivity index (χ1) is 15.2. The van der Waals surface area contributed by atoms with Gasteiger partial charge in [-0.2, -0.15) is 0 Å². The van der Waals surface area contributed by atoms with Crippen LogP contribution in [0, 0.1) is 0 Å². The van der Waals surface area contributed by atoms with Crippen LogP contribution in [0.25, 0.3) is 0 Å². The second kappa shape index (κ2) is 13.9. The van der Waals surface area contributed by atoms with E-state index in [1.807, 2.05) is 24.3 Å². The number of nitrogens with one attached hydrogen (secondary N) is 3. The average molecular weight is 551 g/mol. The molecule has 0 bridgehead atoms. The lowest BCUT2D eigenvalue weighted by molar-refractivity contribution is 0.0963. The van der Waals surface area contributed by atoms with E-state index in [-0.39, 0.29) is 29.9 Å². The summed E-state index contributed by atoms with van der Waals surface area (Å²) in [6.45, 7) is 7.55. The van der Waals surface area contributed by atoms with Crippen molar-refractivity contribution in [3.8, 4) is 0 Å². The van der Waals surface area contributed by atoms with Crippen LogP contribution < -0.4 is 20.9 Å². The number of halogens is 1. The molecule has 0 spiro atoms. The molecule has 2 aromatic rings. The van der Waals surface area contributed by atoms with Crippen molar-refractivity contribution in [3.63, 3.8) is 0 Å². The van der Waals surface area contributed by atoms with Crippen molar-refractivity contribution in [2.45, 2.75) is 19.9 Å². The monoisotopic (exact) mass is 551 g/mol. The summed E-state index contributed by atoms with van der Waals surface area (Å²) < 4.78 is 5.49. The Morgan fingerprint density at radius 3 is 2.62 bits per heavy atom. The van der Waals surface area contributed by atoms with Gasteiger partial charge in [-0.15, -0.1) is 24.0 Å². The molecule has 1 aliphatic rings. The summed E-state index contributed by atoms with van der Waals surface area (Å²) in [5.41, 5.74) is 4.23. The molecule has 3 rings (SSSR count). The Morgan fingerprint density at radius 2 is 1.88 bits per heavy atom. The molecule has 7 nitrogen and oxygen atoms in total. The number of amides is 1. The molecule has 1 fully saturated rings. The van der Waals surface area contributed by atoms with Crippen LogP contribution >= 0.6 is 24.0 Å². The maximum Gasteiger partial charge on any atom is 0.251 e. The number of hydrogen-bond donors (Lipinski definition) is 3. The Balaban J connectivity index is 0.00000363. The van der Waals surface area contributed by atoms with Gasteiger partial charge in [0.1, 0.15) is 0 Å². The fraction of sp³-hybridized carbons (Fsp3) is 0.417. The van der Waals surface area contributed by atoms with Crippen molar-refractivity contribution in [1.82, 2.24) is 16.0 Å². The minimum atomic E-state index is -0.0661. The van der Waals surface area contributed by atoms with Crippen LogP contribution in [-0.4, -0.2) is 58.3 Å². The summed E-state index contributed by atoms with van der Waals surface area (Å²) >= 11 is 0. The first-order valence-electron chi connectivity index (χ1n) is 10.9.